The molecule has 1 aromatic carbocycles. The Kier molecular flexibility index (Phi) is 6.91. The molecule has 0 atom stereocenters. The van der Waals surface area contributed by atoms with Crippen molar-refractivity contribution in [3.8, 4) is 5.69 Å². The Morgan fingerprint density at radius 3 is 2.58 bits per heavy atom. The van der Waals surface area contributed by atoms with E-state index in [9.17, 15) is 9.59 Å². The molecule has 0 fully saturated rings. The zero-order chi connectivity index (χ0) is 19.1. The van der Waals surface area contributed by atoms with Crippen molar-refractivity contribution in [3.63, 3.8) is 0 Å². The van der Waals surface area contributed by atoms with Crippen LogP contribution in [0.25, 0.3) is 5.69 Å². The van der Waals surface area contributed by atoms with Gasteiger partial charge in [-0.3, -0.25) is 9.59 Å². The van der Waals surface area contributed by atoms with E-state index in [1.54, 1.807) is 12.3 Å². The van der Waals surface area contributed by atoms with E-state index in [0.717, 1.165) is 27.1 Å². The molecule has 136 valence electrons. The second-order valence-electron chi connectivity index (χ2n) is 5.70. The summed E-state index contributed by atoms with van der Waals surface area (Å²) in [6, 6.07) is 10.0. The van der Waals surface area contributed by atoms with Crippen LogP contribution in [0.5, 0.6) is 0 Å². The topological polar surface area (TPSA) is 75.5 Å². The van der Waals surface area contributed by atoms with Gasteiger partial charge >= 0.3 is 0 Å². The molecule has 0 bridgehead atoms. The average Bonchev–Trinajstić information content (AvgIpc) is 2.88. The molecule has 0 saturated carbocycles. The summed E-state index contributed by atoms with van der Waals surface area (Å²) >= 11 is 3.43. The standard InChI is InChI=1S/C19H21BrN4O2/c1-4-9-21-18(25)11-19(26)23-22-12-15-10-13(2)24(14(15)3)17-7-5-16(20)6-8-17/h4-8,10,12H,1,9,11H2,2-3H3,(H,21,25)(H,23,26)/b22-12+. The summed E-state index contributed by atoms with van der Waals surface area (Å²) in [5, 5.41) is 6.49. The number of nitrogens with zero attached hydrogens (tertiary/aromatic N) is 2. The van der Waals surface area contributed by atoms with Gasteiger partial charge in [-0.1, -0.05) is 22.0 Å². The van der Waals surface area contributed by atoms with Gasteiger partial charge in [0, 0.05) is 33.7 Å². The second-order valence-corrected chi connectivity index (χ2v) is 6.62. The van der Waals surface area contributed by atoms with Crippen LogP contribution in [-0.2, 0) is 9.59 Å². The van der Waals surface area contributed by atoms with Crippen molar-refractivity contribution in [2.24, 2.45) is 5.10 Å². The van der Waals surface area contributed by atoms with Gasteiger partial charge in [-0.2, -0.15) is 5.10 Å². The molecule has 0 aliphatic rings. The summed E-state index contributed by atoms with van der Waals surface area (Å²) in [6.07, 6.45) is 2.86. The molecular formula is C19H21BrN4O2. The van der Waals surface area contributed by atoms with Crippen LogP contribution in [0, 0.1) is 13.8 Å². The first kappa shape index (κ1) is 19.7. The summed E-state index contributed by atoms with van der Waals surface area (Å²) < 4.78 is 3.13. The number of nitrogens with one attached hydrogen (secondary N) is 2. The molecule has 0 saturated heterocycles. The van der Waals surface area contributed by atoms with Gasteiger partial charge in [0.05, 0.1) is 6.21 Å². The summed E-state index contributed by atoms with van der Waals surface area (Å²) in [5.74, 6) is -0.837. The molecule has 2 rings (SSSR count). The Labute approximate surface area is 161 Å². The minimum Gasteiger partial charge on any atom is -0.352 e. The first-order valence-electron chi connectivity index (χ1n) is 8.06. The summed E-state index contributed by atoms with van der Waals surface area (Å²) in [7, 11) is 0. The molecule has 0 aliphatic heterocycles. The lowest BCUT2D eigenvalue weighted by atomic mass is 10.2. The maximum absolute atomic E-state index is 11.7. The molecule has 1 aromatic heterocycles. The molecule has 2 amide bonds. The van der Waals surface area contributed by atoms with Crippen molar-refractivity contribution < 1.29 is 9.59 Å². The Morgan fingerprint density at radius 2 is 1.92 bits per heavy atom. The molecule has 1 heterocycles. The lowest BCUT2D eigenvalue weighted by molar-refractivity contribution is -0.129. The van der Waals surface area contributed by atoms with E-state index < -0.39 is 5.91 Å². The Hall–Kier alpha value is -2.67. The van der Waals surface area contributed by atoms with E-state index in [0.29, 0.717) is 6.54 Å². The van der Waals surface area contributed by atoms with E-state index in [-0.39, 0.29) is 12.3 Å². The van der Waals surface area contributed by atoms with Crippen molar-refractivity contribution in [2.75, 3.05) is 6.54 Å². The van der Waals surface area contributed by atoms with Gasteiger partial charge in [0.25, 0.3) is 0 Å². The molecular weight excluding hydrogens is 396 g/mol. The number of rotatable bonds is 7. The number of carbonyl (C=O) groups is 2. The molecule has 2 N–H and O–H groups in total. The van der Waals surface area contributed by atoms with Crippen LogP contribution in [0.1, 0.15) is 23.4 Å². The maximum Gasteiger partial charge on any atom is 0.249 e. The van der Waals surface area contributed by atoms with Gasteiger partial charge in [0.2, 0.25) is 11.8 Å². The van der Waals surface area contributed by atoms with Crippen molar-refractivity contribution in [3.05, 3.63) is 64.4 Å². The fourth-order valence-corrected chi connectivity index (χ4v) is 2.78. The number of amides is 2. The summed E-state index contributed by atoms with van der Waals surface area (Å²) in [6.45, 7) is 7.82. The van der Waals surface area contributed by atoms with Crippen LogP contribution in [0.3, 0.4) is 0 Å². The van der Waals surface area contributed by atoms with Gasteiger partial charge in [-0.25, -0.2) is 5.43 Å². The smallest absolute Gasteiger partial charge is 0.249 e. The zero-order valence-corrected chi connectivity index (χ0v) is 16.3. The molecule has 0 radical (unpaired) electrons. The Balaban J connectivity index is 2.04. The first-order chi connectivity index (χ1) is 12.4. The summed E-state index contributed by atoms with van der Waals surface area (Å²) in [4.78, 5) is 23.1. The molecule has 0 spiro atoms. The van der Waals surface area contributed by atoms with Crippen molar-refractivity contribution in [2.45, 2.75) is 20.3 Å². The number of halogens is 1. The lowest BCUT2D eigenvalue weighted by Gasteiger charge is -2.09. The Bertz CT molecular complexity index is 838. The normalized spacial score (nSPS) is 10.7. The number of hydrogen-bond donors (Lipinski definition) is 2. The highest BCUT2D eigenvalue weighted by atomic mass is 79.9. The zero-order valence-electron chi connectivity index (χ0n) is 14.8. The number of carbonyl (C=O) groups excluding carboxylic acids is 2. The fraction of sp³-hybridized carbons (Fsp3) is 0.211. The van der Waals surface area contributed by atoms with Crippen LogP contribution in [-0.4, -0.2) is 29.1 Å². The van der Waals surface area contributed by atoms with E-state index in [4.69, 9.17) is 0 Å². The third kappa shape index (κ3) is 5.16. The van der Waals surface area contributed by atoms with Crippen LogP contribution >= 0.6 is 15.9 Å². The predicted molar refractivity (Wildman–Crippen MR) is 107 cm³/mol. The molecule has 6 nitrogen and oxygen atoms in total. The second kappa shape index (κ2) is 9.15. The number of hydrazone groups is 1. The number of benzene rings is 1. The molecule has 7 heteroatoms. The highest BCUT2D eigenvalue weighted by molar-refractivity contribution is 9.10. The number of aryl methyl sites for hydroxylation is 1. The van der Waals surface area contributed by atoms with Crippen LogP contribution in [0.2, 0.25) is 0 Å². The van der Waals surface area contributed by atoms with Crippen LogP contribution < -0.4 is 10.7 Å². The van der Waals surface area contributed by atoms with E-state index in [2.05, 4.69) is 42.9 Å². The minimum atomic E-state index is -0.468. The van der Waals surface area contributed by atoms with Gasteiger partial charge in [-0.05, 0) is 44.2 Å². The highest BCUT2D eigenvalue weighted by Crippen LogP contribution is 2.21. The number of hydrogen-bond acceptors (Lipinski definition) is 3. The highest BCUT2D eigenvalue weighted by Gasteiger charge is 2.10. The predicted octanol–water partition coefficient (Wildman–Crippen LogP) is 3.00. The Morgan fingerprint density at radius 1 is 1.23 bits per heavy atom. The fourth-order valence-electron chi connectivity index (χ4n) is 2.51. The van der Waals surface area contributed by atoms with Crippen molar-refractivity contribution >= 4 is 34.0 Å². The summed E-state index contributed by atoms with van der Waals surface area (Å²) in [5.41, 5.74) is 6.37. The molecule has 26 heavy (non-hydrogen) atoms. The average molecular weight is 417 g/mol. The third-order valence-corrected chi connectivity index (χ3v) is 4.24. The lowest BCUT2D eigenvalue weighted by Crippen LogP contribution is -2.29. The van der Waals surface area contributed by atoms with Crippen molar-refractivity contribution in [1.82, 2.24) is 15.3 Å². The minimum absolute atomic E-state index is 0.275. The van der Waals surface area contributed by atoms with Crippen LogP contribution in [0.15, 0.2) is 52.6 Å². The molecule has 2 aromatic rings. The first-order valence-corrected chi connectivity index (χ1v) is 8.86. The number of aromatic nitrogens is 1. The van der Waals surface area contributed by atoms with E-state index >= 15 is 0 Å². The van der Waals surface area contributed by atoms with Crippen LogP contribution in [0.4, 0.5) is 0 Å². The monoisotopic (exact) mass is 416 g/mol. The largest absolute Gasteiger partial charge is 0.352 e. The van der Waals surface area contributed by atoms with Gasteiger partial charge < -0.3 is 9.88 Å². The van der Waals surface area contributed by atoms with E-state index in [1.807, 2.05) is 44.2 Å². The van der Waals surface area contributed by atoms with Gasteiger partial charge in [0.1, 0.15) is 6.42 Å². The van der Waals surface area contributed by atoms with Gasteiger partial charge in [-0.15, -0.1) is 6.58 Å². The molecule has 0 unspecified atom stereocenters. The van der Waals surface area contributed by atoms with Crippen molar-refractivity contribution in [1.29, 1.82) is 0 Å². The molecule has 0 aliphatic carbocycles. The van der Waals surface area contributed by atoms with Gasteiger partial charge in [0.15, 0.2) is 0 Å². The third-order valence-electron chi connectivity index (χ3n) is 3.71. The maximum atomic E-state index is 11.7. The quantitative estimate of drug-likeness (QED) is 0.315. The van der Waals surface area contributed by atoms with E-state index in [1.165, 1.54) is 0 Å². The SMILES string of the molecule is C=CCNC(=O)CC(=O)N/N=C/c1cc(C)n(-c2ccc(Br)cc2)c1C.